The molecule has 2 aromatic carbocycles. The van der Waals surface area contributed by atoms with Crippen molar-refractivity contribution in [3.05, 3.63) is 63.6 Å². The lowest BCUT2D eigenvalue weighted by Crippen LogP contribution is -2.48. The fourth-order valence-corrected chi connectivity index (χ4v) is 4.73. The van der Waals surface area contributed by atoms with Crippen molar-refractivity contribution in [2.45, 2.75) is 52.1 Å². The number of nitrogens with zero attached hydrogens (tertiary/aromatic N) is 1. The predicted octanol–water partition coefficient (Wildman–Crippen LogP) is 5.32. The number of benzene rings is 2. The van der Waals surface area contributed by atoms with E-state index in [0.717, 1.165) is 16.1 Å². The molecule has 0 aromatic heterocycles. The van der Waals surface area contributed by atoms with Gasteiger partial charge in [-0.1, -0.05) is 68.2 Å². The molecule has 1 amide bonds. The van der Waals surface area contributed by atoms with Crippen molar-refractivity contribution in [1.82, 2.24) is 5.32 Å². The van der Waals surface area contributed by atoms with Crippen LogP contribution in [0.5, 0.6) is 0 Å². The molecule has 0 bridgehead atoms. The highest BCUT2D eigenvalue weighted by Crippen LogP contribution is 2.32. The first-order chi connectivity index (χ1) is 13.7. The van der Waals surface area contributed by atoms with Crippen molar-refractivity contribution in [3.8, 4) is 0 Å². The van der Waals surface area contributed by atoms with E-state index in [1.807, 2.05) is 31.2 Å². The molecule has 0 spiro atoms. The Bertz CT molecular complexity index is 1020. The normalized spacial score (nSPS) is 14.1. The molecule has 2 atom stereocenters. The zero-order valence-corrected chi connectivity index (χ0v) is 20.4. The Morgan fingerprint density at radius 3 is 2.10 bits per heavy atom. The minimum atomic E-state index is -3.79. The van der Waals surface area contributed by atoms with Gasteiger partial charge in [-0.05, 0) is 48.6 Å². The van der Waals surface area contributed by atoms with Crippen LogP contribution in [0.3, 0.4) is 0 Å². The molecule has 0 aliphatic carbocycles. The lowest BCUT2D eigenvalue weighted by molar-refractivity contribution is -0.122. The first-order valence-electron chi connectivity index (χ1n) is 9.57. The van der Waals surface area contributed by atoms with Crippen LogP contribution >= 0.6 is 23.2 Å². The molecule has 0 aliphatic rings. The number of rotatable bonds is 6. The van der Waals surface area contributed by atoms with Crippen LogP contribution in [0.25, 0.3) is 0 Å². The summed E-state index contributed by atoms with van der Waals surface area (Å²) in [4.78, 5) is 12.9. The highest BCUT2D eigenvalue weighted by molar-refractivity contribution is 7.92. The van der Waals surface area contributed by atoms with Crippen LogP contribution in [0.4, 0.5) is 5.69 Å². The van der Waals surface area contributed by atoms with Gasteiger partial charge in [0, 0.05) is 5.02 Å². The Morgan fingerprint density at radius 1 is 1.03 bits per heavy atom. The minimum absolute atomic E-state index is 0.0335. The average molecular weight is 471 g/mol. The van der Waals surface area contributed by atoms with E-state index < -0.39 is 22.0 Å². The summed E-state index contributed by atoms with van der Waals surface area (Å²) in [5, 5.41) is 3.40. The first kappa shape index (κ1) is 24.5. The summed E-state index contributed by atoms with van der Waals surface area (Å²) in [7, 11) is -3.79. The summed E-state index contributed by atoms with van der Waals surface area (Å²) < 4.78 is 25.9. The number of anilines is 1. The summed E-state index contributed by atoms with van der Waals surface area (Å²) in [5.74, 6) is -0.441. The SMILES string of the molecule is C[C@H](C(=O)N[C@H](C)c1ccc(C(C)(C)C)cc1)N(c1cc(Cl)ccc1Cl)S(C)(=O)=O. The van der Waals surface area contributed by atoms with E-state index in [9.17, 15) is 13.2 Å². The Labute approximate surface area is 189 Å². The minimum Gasteiger partial charge on any atom is -0.348 e. The molecule has 1 N–H and O–H groups in total. The third-order valence-corrected chi connectivity index (χ3v) is 6.65. The molecule has 0 saturated heterocycles. The maximum atomic E-state index is 12.9. The molecule has 0 heterocycles. The van der Waals surface area contributed by atoms with Gasteiger partial charge in [-0.25, -0.2) is 8.42 Å². The van der Waals surface area contributed by atoms with E-state index in [4.69, 9.17) is 23.2 Å². The summed E-state index contributed by atoms with van der Waals surface area (Å²) >= 11 is 12.2. The summed E-state index contributed by atoms with van der Waals surface area (Å²) in [5.41, 5.74) is 2.31. The smallest absolute Gasteiger partial charge is 0.244 e. The lowest BCUT2D eigenvalue weighted by atomic mass is 9.86. The highest BCUT2D eigenvalue weighted by Gasteiger charge is 2.31. The van der Waals surface area contributed by atoms with Gasteiger partial charge in [0.1, 0.15) is 6.04 Å². The first-order valence-corrected chi connectivity index (χ1v) is 12.2. The van der Waals surface area contributed by atoms with Crippen LogP contribution < -0.4 is 9.62 Å². The molecule has 0 aliphatic heterocycles. The number of halogens is 2. The number of hydrogen-bond acceptors (Lipinski definition) is 3. The monoisotopic (exact) mass is 470 g/mol. The topological polar surface area (TPSA) is 66.5 Å². The molecule has 0 saturated carbocycles. The molecule has 5 nitrogen and oxygen atoms in total. The van der Waals surface area contributed by atoms with Crippen LogP contribution in [-0.4, -0.2) is 26.6 Å². The third kappa shape index (κ3) is 5.90. The number of carbonyl (C=O) groups excluding carboxylic acids is 1. The van der Waals surface area contributed by atoms with Crippen LogP contribution in [-0.2, 0) is 20.2 Å². The van der Waals surface area contributed by atoms with Gasteiger partial charge in [0.2, 0.25) is 15.9 Å². The third-order valence-electron chi connectivity index (χ3n) is 4.87. The maximum absolute atomic E-state index is 12.9. The zero-order valence-electron chi connectivity index (χ0n) is 18.0. The number of amides is 1. The van der Waals surface area contributed by atoms with Crippen LogP contribution in [0.15, 0.2) is 42.5 Å². The Morgan fingerprint density at radius 2 is 1.60 bits per heavy atom. The van der Waals surface area contributed by atoms with Crippen molar-refractivity contribution in [2.75, 3.05) is 10.6 Å². The van der Waals surface area contributed by atoms with Crippen molar-refractivity contribution >= 4 is 44.8 Å². The van der Waals surface area contributed by atoms with Crippen molar-refractivity contribution in [1.29, 1.82) is 0 Å². The van der Waals surface area contributed by atoms with Gasteiger partial charge in [0.25, 0.3) is 0 Å². The van der Waals surface area contributed by atoms with Crippen molar-refractivity contribution in [3.63, 3.8) is 0 Å². The molecular formula is C22H28Cl2N2O3S. The second-order valence-corrected chi connectivity index (χ2v) is 11.1. The molecular weight excluding hydrogens is 443 g/mol. The Balaban J connectivity index is 2.26. The number of carbonyl (C=O) groups is 1. The van der Waals surface area contributed by atoms with Crippen molar-refractivity contribution in [2.24, 2.45) is 0 Å². The van der Waals surface area contributed by atoms with Gasteiger partial charge in [0.05, 0.1) is 23.0 Å². The average Bonchev–Trinajstić information content (AvgIpc) is 2.62. The number of sulfonamides is 1. The fraction of sp³-hybridized carbons (Fsp3) is 0.409. The second kappa shape index (κ2) is 9.16. The highest BCUT2D eigenvalue weighted by atomic mass is 35.5. The lowest BCUT2D eigenvalue weighted by Gasteiger charge is -2.30. The van der Waals surface area contributed by atoms with Crippen LogP contribution in [0.1, 0.15) is 51.8 Å². The largest absolute Gasteiger partial charge is 0.348 e. The van der Waals surface area contributed by atoms with Gasteiger partial charge in [-0.15, -0.1) is 0 Å². The number of hydrogen-bond donors (Lipinski definition) is 1. The van der Waals surface area contributed by atoms with Crippen LogP contribution in [0.2, 0.25) is 10.0 Å². The van der Waals surface area contributed by atoms with E-state index in [1.54, 1.807) is 6.07 Å². The van der Waals surface area contributed by atoms with Gasteiger partial charge in [0.15, 0.2) is 0 Å². The van der Waals surface area contributed by atoms with Crippen LogP contribution in [0, 0.1) is 0 Å². The summed E-state index contributed by atoms with van der Waals surface area (Å²) in [6.07, 6.45) is 1.03. The molecule has 0 fully saturated rings. The summed E-state index contributed by atoms with van der Waals surface area (Å²) in [6, 6.07) is 11.2. The summed E-state index contributed by atoms with van der Waals surface area (Å²) in [6.45, 7) is 9.78. The van der Waals surface area contributed by atoms with Crippen molar-refractivity contribution < 1.29 is 13.2 Å². The van der Waals surface area contributed by atoms with Gasteiger partial charge < -0.3 is 5.32 Å². The van der Waals surface area contributed by atoms with E-state index >= 15 is 0 Å². The maximum Gasteiger partial charge on any atom is 0.244 e. The molecule has 2 rings (SSSR count). The quantitative estimate of drug-likeness (QED) is 0.620. The Kier molecular flexibility index (Phi) is 7.49. The molecule has 2 aromatic rings. The fourth-order valence-electron chi connectivity index (χ4n) is 3.12. The zero-order chi connectivity index (χ0) is 22.9. The number of nitrogens with one attached hydrogen (secondary N) is 1. The molecule has 0 unspecified atom stereocenters. The molecule has 0 radical (unpaired) electrons. The Hall–Kier alpha value is -1.76. The van der Waals surface area contributed by atoms with E-state index in [2.05, 4.69) is 26.1 Å². The van der Waals surface area contributed by atoms with Gasteiger partial charge in [-0.2, -0.15) is 0 Å². The van der Waals surface area contributed by atoms with Gasteiger partial charge in [-0.3, -0.25) is 9.10 Å². The molecule has 164 valence electrons. The predicted molar refractivity (Wildman–Crippen MR) is 125 cm³/mol. The standard InChI is InChI=1S/C22H28Cl2N2O3S/c1-14(16-7-9-17(10-8-16)22(3,4)5)25-21(27)15(2)26(30(6,28)29)20-13-18(23)11-12-19(20)24/h7-15H,1-6H3,(H,25,27)/t14-,15-/m1/s1. The van der Waals surface area contributed by atoms with E-state index in [1.165, 1.54) is 24.6 Å². The van der Waals surface area contributed by atoms with Gasteiger partial charge >= 0.3 is 0 Å². The molecule has 8 heteroatoms. The van der Waals surface area contributed by atoms with E-state index in [0.29, 0.717) is 5.02 Å². The second-order valence-electron chi connectivity index (χ2n) is 8.43. The molecule has 30 heavy (non-hydrogen) atoms. The van der Waals surface area contributed by atoms with E-state index in [-0.39, 0.29) is 22.2 Å².